The molecule has 2 heterocycles. The van der Waals surface area contributed by atoms with Crippen molar-refractivity contribution < 1.29 is 0 Å². The summed E-state index contributed by atoms with van der Waals surface area (Å²) in [6.07, 6.45) is 0. The van der Waals surface area contributed by atoms with Gasteiger partial charge >= 0.3 is 0 Å². The minimum absolute atomic E-state index is 0.775. The minimum Gasteiger partial charge on any atom is -0.228 e. The summed E-state index contributed by atoms with van der Waals surface area (Å²) in [5.41, 5.74) is 8.05. The normalized spacial score (nSPS) is 13.3. The topological polar surface area (TPSA) is 25.8 Å². The van der Waals surface area contributed by atoms with E-state index in [0.29, 0.717) is 0 Å². The number of benzene rings is 6. The van der Waals surface area contributed by atoms with E-state index in [1.807, 2.05) is 0 Å². The highest BCUT2D eigenvalue weighted by Gasteiger charge is 2.44. The quantitative estimate of drug-likeness (QED) is 0.166. The molecule has 0 radical (unpaired) electrons. The van der Waals surface area contributed by atoms with Crippen molar-refractivity contribution >= 4 is 40.0 Å². The zero-order chi connectivity index (χ0) is 27.6. The van der Waals surface area contributed by atoms with E-state index >= 15 is 0 Å². The molecule has 0 spiro atoms. The van der Waals surface area contributed by atoms with Crippen molar-refractivity contribution in [2.24, 2.45) is 0 Å². The van der Waals surface area contributed by atoms with Crippen LogP contribution < -0.4 is 10.4 Å². The lowest BCUT2D eigenvalue weighted by molar-refractivity contribution is 1.20. The van der Waals surface area contributed by atoms with Gasteiger partial charge in [-0.3, -0.25) is 0 Å². The summed E-state index contributed by atoms with van der Waals surface area (Å²) in [5, 5.41) is 8.05. The number of hydrogen-bond donors (Lipinski definition) is 0. The summed E-state index contributed by atoms with van der Waals surface area (Å²) in [4.78, 5) is 10.8. The molecule has 3 heteroatoms. The maximum absolute atomic E-state index is 5.43. The predicted octanol–water partition coefficient (Wildman–Crippen LogP) is 8.59. The predicted molar refractivity (Wildman–Crippen MR) is 176 cm³/mol. The number of aromatic nitrogens is 2. The average Bonchev–Trinajstić information content (AvgIpc) is 3.28. The van der Waals surface area contributed by atoms with Crippen molar-refractivity contribution in [1.29, 1.82) is 0 Å². The van der Waals surface area contributed by atoms with Crippen molar-refractivity contribution in [2.75, 3.05) is 0 Å². The molecule has 8 rings (SSSR count). The van der Waals surface area contributed by atoms with Crippen LogP contribution in [-0.2, 0) is 0 Å². The summed E-state index contributed by atoms with van der Waals surface area (Å²) in [6.45, 7) is 4.95. The largest absolute Gasteiger partial charge is 0.228 e. The standard InChI is InChI=1S/C38H28N2Si/c1-41(2)36-32-20-12-10-18-30(32)29-17-9-11-19-31(29)33(36)35-37(41)34(27-15-7-4-8-16-27)39-38(40-35)28-23-21-26(22-24-28)25-13-5-3-6-14-25/h3-24H,1-2H3. The SMILES string of the molecule is C[Si]1(C)c2c(-c3ccccc3)nc(-c3ccc(-c4ccccc4)cc3)nc2-c2c1c1ccccc1c1ccccc21. The van der Waals surface area contributed by atoms with Gasteiger partial charge in [-0.15, -0.1) is 0 Å². The number of fused-ring (bicyclic) bond motifs is 8. The van der Waals surface area contributed by atoms with Crippen molar-refractivity contribution in [3.63, 3.8) is 0 Å². The van der Waals surface area contributed by atoms with E-state index in [0.717, 1.165) is 28.3 Å². The monoisotopic (exact) mass is 540 g/mol. The van der Waals surface area contributed by atoms with Crippen LogP contribution in [0.25, 0.3) is 66.6 Å². The van der Waals surface area contributed by atoms with Crippen molar-refractivity contribution in [2.45, 2.75) is 13.1 Å². The molecule has 0 aliphatic carbocycles. The molecule has 1 aliphatic rings. The van der Waals surface area contributed by atoms with Gasteiger partial charge in [0.15, 0.2) is 5.82 Å². The van der Waals surface area contributed by atoms with Crippen LogP contribution in [-0.4, -0.2) is 18.0 Å². The highest BCUT2D eigenvalue weighted by atomic mass is 28.3. The smallest absolute Gasteiger partial charge is 0.160 e. The molecule has 0 saturated carbocycles. The van der Waals surface area contributed by atoms with Gasteiger partial charge < -0.3 is 0 Å². The van der Waals surface area contributed by atoms with Crippen LogP contribution in [0.4, 0.5) is 0 Å². The van der Waals surface area contributed by atoms with Gasteiger partial charge in [-0.1, -0.05) is 147 Å². The Kier molecular flexibility index (Phi) is 5.31. The first kappa shape index (κ1) is 24.0. The third-order valence-electron chi connectivity index (χ3n) is 8.63. The van der Waals surface area contributed by atoms with Gasteiger partial charge in [0.05, 0.1) is 11.4 Å². The van der Waals surface area contributed by atoms with Gasteiger partial charge in [0.25, 0.3) is 0 Å². The Balaban J connectivity index is 1.44. The maximum atomic E-state index is 5.43. The molecule has 41 heavy (non-hydrogen) atoms. The molecule has 0 atom stereocenters. The molecule has 2 nitrogen and oxygen atoms in total. The van der Waals surface area contributed by atoms with Gasteiger partial charge in [-0.2, -0.15) is 0 Å². The van der Waals surface area contributed by atoms with Gasteiger partial charge in [0, 0.05) is 16.7 Å². The number of rotatable bonds is 3. The van der Waals surface area contributed by atoms with E-state index in [2.05, 4.69) is 147 Å². The van der Waals surface area contributed by atoms with E-state index < -0.39 is 8.07 Å². The molecule has 6 aromatic carbocycles. The zero-order valence-corrected chi connectivity index (χ0v) is 24.1. The molecule has 0 unspecified atom stereocenters. The van der Waals surface area contributed by atoms with Gasteiger partial charge in [-0.05, 0) is 43.0 Å². The van der Waals surface area contributed by atoms with Gasteiger partial charge in [0.2, 0.25) is 0 Å². The molecular weight excluding hydrogens is 513 g/mol. The van der Waals surface area contributed by atoms with Crippen LogP contribution in [0.5, 0.6) is 0 Å². The molecule has 0 saturated heterocycles. The Morgan fingerprint density at radius 2 is 0.854 bits per heavy atom. The van der Waals surface area contributed by atoms with E-state index in [1.54, 1.807) is 0 Å². The second-order valence-electron chi connectivity index (χ2n) is 11.4. The fraction of sp³-hybridized carbons (Fsp3) is 0.0526. The number of hydrogen-bond acceptors (Lipinski definition) is 2. The lowest BCUT2D eigenvalue weighted by atomic mass is 9.95. The van der Waals surface area contributed by atoms with Crippen LogP contribution >= 0.6 is 0 Å². The molecule has 0 fully saturated rings. The Morgan fingerprint density at radius 3 is 1.51 bits per heavy atom. The molecule has 7 aromatic rings. The summed E-state index contributed by atoms with van der Waals surface area (Å²) < 4.78 is 0. The highest BCUT2D eigenvalue weighted by Crippen LogP contribution is 2.41. The lowest BCUT2D eigenvalue weighted by Crippen LogP contribution is -2.50. The Labute approximate surface area is 241 Å². The van der Waals surface area contributed by atoms with Gasteiger partial charge in [-0.25, -0.2) is 9.97 Å². The van der Waals surface area contributed by atoms with Crippen LogP contribution in [0, 0.1) is 0 Å². The first-order valence-corrected chi connectivity index (χ1v) is 17.2. The fourth-order valence-electron chi connectivity index (χ4n) is 6.77. The van der Waals surface area contributed by atoms with Crippen molar-refractivity contribution in [1.82, 2.24) is 9.97 Å². The van der Waals surface area contributed by atoms with E-state index in [4.69, 9.17) is 9.97 Å². The average molecular weight is 541 g/mol. The summed E-state index contributed by atoms with van der Waals surface area (Å²) >= 11 is 0. The first-order chi connectivity index (χ1) is 20.1. The maximum Gasteiger partial charge on any atom is 0.160 e. The Hall–Kier alpha value is -4.86. The van der Waals surface area contributed by atoms with Crippen LogP contribution in [0.3, 0.4) is 0 Å². The summed E-state index contributed by atoms with van der Waals surface area (Å²) in [7, 11) is -2.19. The molecular formula is C38H28N2Si. The third-order valence-corrected chi connectivity index (χ3v) is 12.1. The molecule has 1 aromatic heterocycles. The van der Waals surface area contributed by atoms with E-state index in [-0.39, 0.29) is 0 Å². The first-order valence-electron chi connectivity index (χ1n) is 14.2. The zero-order valence-electron chi connectivity index (χ0n) is 23.1. The Morgan fingerprint density at radius 1 is 0.390 bits per heavy atom. The third kappa shape index (κ3) is 3.63. The Bertz CT molecular complexity index is 2100. The molecule has 0 N–H and O–H groups in total. The van der Waals surface area contributed by atoms with Crippen molar-refractivity contribution in [3.8, 4) is 45.0 Å². The fourth-order valence-corrected chi connectivity index (χ4v) is 10.4. The number of nitrogens with zero attached hydrogens (tertiary/aromatic N) is 2. The second-order valence-corrected chi connectivity index (χ2v) is 15.6. The molecule has 0 bridgehead atoms. The molecule has 194 valence electrons. The summed E-state index contributed by atoms with van der Waals surface area (Å²) in [6, 6.07) is 47.6. The van der Waals surface area contributed by atoms with E-state index in [9.17, 15) is 0 Å². The summed E-state index contributed by atoms with van der Waals surface area (Å²) in [5.74, 6) is 0.775. The highest BCUT2D eigenvalue weighted by molar-refractivity contribution is 7.06. The van der Waals surface area contributed by atoms with Crippen LogP contribution in [0.15, 0.2) is 133 Å². The van der Waals surface area contributed by atoms with Gasteiger partial charge in [0.1, 0.15) is 8.07 Å². The molecule has 1 aliphatic heterocycles. The van der Waals surface area contributed by atoms with Crippen LogP contribution in [0.1, 0.15) is 0 Å². The lowest BCUT2D eigenvalue weighted by Gasteiger charge is -2.23. The second kappa shape index (κ2) is 9.08. The molecule has 0 amide bonds. The minimum atomic E-state index is -2.19. The van der Waals surface area contributed by atoms with Crippen LogP contribution in [0.2, 0.25) is 13.1 Å². The van der Waals surface area contributed by atoms with Crippen molar-refractivity contribution in [3.05, 3.63) is 133 Å². The van der Waals surface area contributed by atoms with E-state index in [1.165, 1.54) is 48.6 Å².